The van der Waals surface area contributed by atoms with E-state index in [9.17, 15) is 0 Å². The average molecular weight is 210 g/mol. The Morgan fingerprint density at radius 3 is 2.93 bits per heavy atom. The summed E-state index contributed by atoms with van der Waals surface area (Å²) in [6.45, 7) is 2.34. The molecule has 0 spiro atoms. The lowest BCUT2D eigenvalue weighted by molar-refractivity contribution is 0.282. The summed E-state index contributed by atoms with van der Waals surface area (Å²) in [4.78, 5) is 0. The lowest BCUT2D eigenvalue weighted by Crippen LogP contribution is -2.02. The zero-order valence-electron chi connectivity index (χ0n) is 7.97. The Bertz CT molecular complexity index is 365. The van der Waals surface area contributed by atoms with E-state index in [2.05, 4.69) is 17.2 Å². The standard InChI is InChI=1S/C11H12ClNO/c1-2-3-6-13-11-7-10(12)5-4-9(11)8-14/h4-5,7,13-14H,6,8H2,1H3. The van der Waals surface area contributed by atoms with Crippen molar-refractivity contribution in [2.75, 3.05) is 11.9 Å². The first-order valence-corrected chi connectivity index (χ1v) is 4.68. The second-order valence-corrected chi connectivity index (χ2v) is 3.18. The number of rotatable bonds is 3. The van der Waals surface area contributed by atoms with Crippen molar-refractivity contribution in [1.29, 1.82) is 0 Å². The fourth-order valence-corrected chi connectivity index (χ4v) is 1.25. The highest BCUT2D eigenvalue weighted by atomic mass is 35.5. The van der Waals surface area contributed by atoms with E-state index in [0.29, 0.717) is 11.6 Å². The summed E-state index contributed by atoms with van der Waals surface area (Å²) in [5, 5.41) is 12.8. The minimum Gasteiger partial charge on any atom is -0.392 e. The van der Waals surface area contributed by atoms with E-state index in [-0.39, 0.29) is 6.61 Å². The van der Waals surface area contributed by atoms with Crippen LogP contribution in [0.4, 0.5) is 5.69 Å². The van der Waals surface area contributed by atoms with Gasteiger partial charge in [0.2, 0.25) is 0 Å². The summed E-state index contributed by atoms with van der Waals surface area (Å²) in [5.74, 6) is 5.66. The van der Waals surface area contributed by atoms with E-state index in [1.54, 1.807) is 25.1 Å². The van der Waals surface area contributed by atoms with Crippen molar-refractivity contribution < 1.29 is 5.11 Å². The van der Waals surface area contributed by atoms with Crippen molar-refractivity contribution >= 4 is 17.3 Å². The average Bonchev–Trinajstić information content (AvgIpc) is 2.19. The normalized spacial score (nSPS) is 9.07. The van der Waals surface area contributed by atoms with Crippen LogP contribution in [0.2, 0.25) is 5.02 Å². The van der Waals surface area contributed by atoms with Crippen LogP contribution >= 0.6 is 11.6 Å². The summed E-state index contributed by atoms with van der Waals surface area (Å²) in [7, 11) is 0. The van der Waals surface area contributed by atoms with Gasteiger partial charge in [0, 0.05) is 16.3 Å². The van der Waals surface area contributed by atoms with Crippen molar-refractivity contribution in [3.63, 3.8) is 0 Å². The molecular formula is C11H12ClNO. The highest BCUT2D eigenvalue weighted by molar-refractivity contribution is 6.30. The number of hydrogen-bond acceptors (Lipinski definition) is 2. The van der Waals surface area contributed by atoms with Crippen LogP contribution in [-0.4, -0.2) is 11.7 Å². The third kappa shape index (κ3) is 2.95. The van der Waals surface area contributed by atoms with Crippen LogP contribution in [-0.2, 0) is 6.61 Å². The van der Waals surface area contributed by atoms with Crippen molar-refractivity contribution in [2.45, 2.75) is 13.5 Å². The lowest BCUT2D eigenvalue weighted by Gasteiger charge is -2.08. The summed E-state index contributed by atoms with van der Waals surface area (Å²) in [5.41, 5.74) is 1.66. The minimum atomic E-state index is -0.000937. The molecule has 0 aromatic heterocycles. The van der Waals surface area contributed by atoms with Gasteiger partial charge in [0.25, 0.3) is 0 Å². The zero-order valence-corrected chi connectivity index (χ0v) is 8.73. The van der Waals surface area contributed by atoms with Gasteiger partial charge in [-0.15, -0.1) is 5.92 Å². The molecule has 1 aromatic carbocycles. The van der Waals surface area contributed by atoms with Crippen molar-refractivity contribution in [2.24, 2.45) is 0 Å². The molecule has 0 radical (unpaired) electrons. The van der Waals surface area contributed by atoms with Gasteiger partial charge < -0.3 is 10.4 Å². The molecule has 0 atom stereocenters. The van der Waals surface area contributed by atoms with Crippen LogP contribution in [0.5, 0.6) is 0 Å². The Kier molecular flexibility index (Phi) is 4.31. The van der Waals surface area contributed by atoms with Gasteiger partial charge in [-0.1, -0.05) is 23.6 Å². The Hall–Kier alpha value is -1.17. The van der Waals surface area contributed by atoms with E-state index in [1.165, 1.54) is 0 Å². The molecule has 1 rings (SSSR count). The molecule has 1 aromatic rings. The van der Waals surface area contributed by atoms with Crippen LogP contribution in [0.25, 0.3) is 0 Å². The van der Waals surface area contributed by atoms with E-state index >= 15 is 0 Å². The van der Waals surface area contributed by atoms with Crippen molar-refractivity contribution in [3.05, 3.63) is 28.8 Å². The molecule has 0 saturated carbocycles. The van der Waals surface area contributed by atoms with Crippen LogP contribution in [0.15, 0.2) is 18.2 Å². The molecule has 0 fully saturated rings. The van der Waals surface area contributed by atoms with Crippen molar-refractivity contribution in [1.82, 2.24) is 0 Å². The predicted molar refractivity (Wildman–Crippen MR) is 59.3 cm³/mol. The number of hydrogen-bond donors (Lipinski definition) is 2. The minimum absolute atomic E-state index is 0.000937. The molecule has 14 heavy (non-hydrogen) atoms. The molecule has 0 heterocycles. The highest BCUT2D eigenvalue weighted by Gasteiger charge is 2.00. The van der Waals surface area contributed by atoms with E-state index in [0.717, 1.165) is 11.3 Å². The number of aliphatic hydroxyl groups excluding tert-OH is 1. The maximum atomic E-state index is 9.05. The topological polar surface area (TPSA) is 32.3 Å². The zero-order chi connectivity index (χ0) is 10.4. The Morgan fingerprint density at radius 2 is 2.29 bits per heavy atom. The number of nitrogens with one attached hydrogen (secondary N) is 1. The van der Waals surface area contributed by atoms with E-state index in [4.69, 9.17) is 16.7 Å². The van der Waals surface area contributed by atoms with Gasteiger partial charge in [0.15, 0.2) is 0 Å². The van der Waals surface area contributed by atoms with Crippen molar-refractivity contribution in [3.8, 4) is 11.8 Å². The monoisotopic (exact) mass is 209 g/mol. The Balaban J connectivity index is 2.80. The molecule has 0 unspecified atom stereocenters. The van der Waals surface area contributed by atoms with Gasteiger partial charge in [0.1, 0.15) is 0 Å². The molecule has 0 saturated heterocycles. The molecule has 0 aliphatic heterocycles. The SMILES string of the molecule is CC#CCNc1cc(Cl)ccc1CO. The molecule has 3 heteroatoms. The maximum Gasteiger partial charge on any atom is 0.0765 e. The summed E-state index contributed by atoms with van der Waals surface area (Å²) < 4.78 is 0. The molecule has 2 N–H and O–H groups in total. The van der Waals surface area contributed by atoms with Gasteiger partial charge in [0.05, 0.1) is 13.2 Å². The molecule has 0 bridgehead atoms. The number of halogens is 1. The quantitative estimate of drug-likeness (QED) is 0.749. The summed E-state index contributed by atoms with van der Waals surface area (Å²) >= 11 is 5.83. The Labute approximate surface area is 88.9 Å². The molecule has 0 aliphatic carbocycles. The smallest absolute Gasteiger partial charge is 0.0765 e. The third-order valence-electron chi connectivity index (χ3n) is 1.79. The van der Waals surface area contributed by atoms with Crippen LogP contribution < -0.4 is 5.32 Å². The largest absolute Gasteiger partial charge is 0.392 e. The van der Waals surface area contributed by atoms with Crippen LogP contribution in [0.3, 0.4) is 0 Å². The lowest BCUT2D eigenvalue weighted by atomic mass is 10.2. The molecule has 0 amide bonds. The molecule has 2 nitrogen and oxygen atoms in total. The second kappa shape index (κ2) is 5.54. The van der Waals surface area contributed by atoms with Crippen LogP contribution in [0, 0.1) is 11.8 Å². The molecular weight excluding hydrogens is 198 g/mol. The van der Waals surface area contributed by atoms with Gasteiger partial charge in [-0.25, -0.2) is 0 Å². The second-order valence-electron chi connectivity index (χ2n) is 2.74. The predicted octanol–water partition coefficient (Wildman–Crippen LogP) is 2.27. The number of aliphatic hydroxyl groups is 1. The maximum absolute atomic E-state index is 9.05. The highest BCUT2D eigenvalue weighted by Crippen LogP contribution is 2.20. The number of anilines is 1. The fourth-order valence-electron chi connectivity index (χ4n) is 1.08. The van der Waals surface area contributed by atoms with Crippen LogP contribution in [0.1, 0.15) is 12.5 Å². The number of benzene rings is 1. The van der Waals surface area contributed by atoms with Gasteiger partial charge in [-0.3, -0.25) is 0 Å². The first-order chi connectivity index (χ1) is 6.77. The van der Waals surface area contributed by atoms with E-state index < -0.39 is 0 Å². The summed E-state index contributed by atoms with van der Waals surface area (Å²) in [6.07, 6.45) is 0. The third-order valence-corrected chi connectivity index (χ3v) is 2.02. The van der Waals surface area contributed by atoms with E-state index in [1.807, 2.05) is 0 Å². The van der Waals surface area contributed by atoms with Gasteiger partial charge >= 0.3 is 0 Å². The molecule has 0 aliphatic rings. The first-order valence-electron chi connectivity index (χ1n) is 4.30. The van der Waals surface area contributed by atoms with Gasteiger partial charge in [-0.2, -0.15) is 0 Å². The molecule has 74 valence electrons. The fraction of sp³-hybridized carbons (Fsp3) is 0.273. The Morgan fingerprint density at radius 1 is 1.50 bits per heavy atom. The first kappa shape index (κ1) is 10.9. The van der Waals surface area contributed by atoms with Gasteiger partial charge in [-0.05, 0) is 19.1 Å². The summed E-state index contributed by atoms with van der Waals surface area (Å²) in [6, 6.07) is 5.33.